The van der Waals surface area contributed by atoms with Gasteiger partial charge < -0.3 is 14.6 Å². The SMILES string of the molecule is CC1(C)Cc2cc(Cl)cc(COc3c(F)cc(CC4CC4C(=O)O)cc3F)c2O1. The van der Waals surface area contributed by atoms with Crippen molar-refractivity contribution in [1.82, 2.24) is 0 Å². The maximum absolute atomic E-state index is 14.5. The van der Waals surface area contributed by atoms with E-state index in [4.69, 9.17) is 26.2 Å². The number of carboxylic acid groups (broad SMARTS) is 1. The normalized spacial score (nSPS) is 21.4. The van der Waals surface area contributed by atoms with Gasteiger partial charge in [0.1, 0.15) is 18.0 Å². The number of ether oxygens (including phenoxy) is 2. The Balaban J connectivity index is 1.49. The topological polar surface area (TPSA) is 55.8 Å². The summed E-state index contributed by atoms with van der Waals surface area (Å²) in [6.45, 7) is 3.83. The number of aliphatic carboxylic acids is 1. The van der Waals surface area contributed by atoms with E-state index in [1.807, 2.05) is 19.9 Å². The first-order valence-electron chi connectivity index (χ1n) is 9.47. The van der Waals surface area contributed by atoms with Gasteiger partial charge in [-0.05, 0) is 68.0 Å². The van der Waals surface area contributed by atoms with Crippen LogP contribution in [-0.2, 0) is 24.2 Å². The van der Waals surface area contributed by atoms with E-state index in [0.717, 1.165) is 5.56 Å². The van der Waals surface area contributed by atoms with E-state index in [2.05, 4.69) is 0 Å². The number of halogens is 3. The average Bonchev–Trinajstić information content (AvgIpc) is 3.28. The summed E-state index contributed by atoms with van der Waals surface area (Å²) in [7, 11) is 0. The zero-order valence-corrected chi connectivity index (χ0v) is 16.9. The zero-order chi connectivity index (χ0) is 20.9. The van der Waals surface area contributed by atoms with Crippen LogP contribution in [0.1, 0.15) is 37.0 Å². The lowest BCUT2D eigenvalue weighted by Gasteiger charge is -2.18. The van der Waals surface area contributed by atoms with Gasteiger partial charge in [-0.1, -0.05) is 11.6 Å². The van der Waals surface area contributed by atoms with Crippen LogP contribution in [0, 0.1) is 23.5 Å². The Bertz CT molecular complexity index is 966. The third-order valence-corrected chi connectivity index (χ3v) is 5.59. The van der Waals surface area contributed by atoms with Gasteiger partial charge in [0.2, 0.25) is 0 Å². The molecule has 4 rings (SSSR count). The summed E-state index contributed by atoms with van der Waals surface area (Å²) in [6.07, 6.45) is 1.55. The fraction of sp³-hybridized carbons (Fsp3) is 0.409. The standard InChI is InChI=1S/C22H21ClF2O4/c1-22(2)9-13-6-15(23)7-14(19(13)29-22)10-28-20-17(24)4-11(5-18(20)25)3-12-8-16(12)21(26)27/h4-7,12,16H,3,8-10H2,1-2H3,(H,26,27). The molecule has 0 spiro atoms. The Kier molecular flexibility index (Phi) is 4.93. The van der Waals surface area contributed by atoms with Gasteiger partial charge in [-0.15, -0.1) is 0 Å². The van der Waals surface area contributed by atoms with Gasteiger partial charge in [0, 0.05) is 17.0 Å². The van der Waals surface area contributed by atoms with Crippen molar-refractivity contribution in [1.29, 1.82) is 0 Å². The Morgan fingerprint density at radius 1 is 1.28 bits per heavy atom. The summed E-state index contributed by atoms with van der Waals surface area (Å²) in [5.74, 6) is -2.82. The smallest absolute Gasteiger partial charge is 0.306 e. The number of carbonyl (C=O) groups is 1. The van der Waals surface area contributed by atoms with Crippen LogP contribution in [0.5, 0.6) is 11.5 Å². The fourth-order valence-corrected chi connectivity index (χ4v) is 4.21. The summed E-state index contributed by atoms with van der Waals surface area (Å²) in [5.41, 5.74) is 1.61. The molecule has 0 amide bonds. The van der Waals surface area contributed by atoms with Crippen molar-refractivity contribution >= 4 is 17.6 Å². The van der Waals surface area contributed by atoms with E-state index < -0.39 is 29.3 Å². The van der Waals surface area contributed by atoms with E-state index in [1.54, 1.807) is 6.07 Å². The molecule has 4 nitrogen and oxygen atoms in total. The van der Waals surface area contributed by atoms with Crippen LogP contribution in [-0.4, -0.2) is 16.7 Å². The molecule has 1 N–H and O–H groups in total. The van der Waals surface area contributed by atoms with Crippen molar-refractivity contribution in [3.8, 4) is 11.5 Å². The van der Waals surface area contributed by atoms with Gasteiger partial charge in [-0.3, -0.25) is 4.79 Å². The molecule has 1 fully saturated rings. The second-order valence-corrected chi connectivity index (χ2v) is 8.85. The largest absolute Gasteiger partial charge is 0.487 e. The van der Waals surface area contributed by atoms with Crippen molar-refractivity contribution < 1.29 is 28.2 Å². The molecule has 2 unspecified atom stereocenters. The fourth-order valence-electron chi connectivity index (χ4n) is 3.95. The number of hydrogen-bond donors (Lipinski definition) is 1. The average molecular weight is 423 g/mol. The molecule has 1 saturated carbocycles. The van der Waals surface area contributed by atoms with E-state index in [9.17, 15) is 13.6 Å². The molecule has 0 aromatic heterocycles. The monoisotopic (exact) mass is 422 g/mol. The first kappa shape index (κ1) is 20.0. The van der Waals surface area contributed by atoms with Crippen LogP contribution >= 0.6 is 11.6 Å². The minimum atomic E-state index is -0.865. The first-order valence-corrected chi connectivity index (χ1v) is 9.84. The summed E-state index contributed by atoms with van der Waals surface area (Å²) < 4.78 is 40.4. The highest BCUT2D eigenvalue weighted by Gasteiger charge is 2.43. The number of carboxylic acids is 1. The van der Waals surface area contributed by atoms with E-state index in [-0.39, 0.29) is 18.1 Å². The predicted molar refractivity (Wildman–Crippen MR) is 103 cm³/mol. The van der Waals surface area contributed by atoms with Gasteiger partial charge in [-0.25, -0.2) is 8.78 Å². The summed E-state index contributed by atoms with van der Waals surface area (Å²) in [4.78, 5) is 10.9. The van der Waals surface area contributed by atoms with Crippen LogP contribution < -0.4 is 9.47 Å². The molecule has 1 heterocycles. The van der Waals surface area contributed by atoms with Gasteiger partial charge in [0.05, 0.1) is 5.92 Å². The number of rotatable bonds is 6. The third-order valence-electron chi connectivity index (χ3n) is 5.37. The molecule has 7 heteroatoms. The quantitative estimate of drug-likeness (QED) is 0.697. The second-order valence-electron chi connectivity index (χ2n) is 8.41. The molecule has 2 aromatic rings. The van der Waals surface area contributed by atoms with Gasteiger partial charge in [0.25, 0.3) is 0 Å². The molecular weight excluding hydrogens is 402 g/mol. The molecule has 2 atom stereocenters. The Hall–Kier alpha value is -2.34. The van der Waals surface area contributed by atoms with Gasteiger partial charge in [-0.2, -0.15) is 0 Å². The van der Waals surface area contributed by atoms with Gasteiger partial charge >= 0.3 is 5.97 Å². The van der Waals surface area contributed by atoms with Crippen molar-refractivity contribution in [2.75, 3.05) is 0 Å². The third kappa shape index (κ3) is 4.17. The molecule has 154 valence electrons. The van der Waals surface area contributed by atoms with Crippen molar-refractivity contribution in [2.24, 2.45) is 11.8 Å². The molecule has 29 heavy (non-hydrogen) atoms. The lowest BCUT2D eigenvalue weighted by atomic mass is 10.0. The molecule has 0 radical (unpaired) electrons. The Morgan fingerprint density at radius 2 is 1.97 bits per heavy atom. The van der Waals surface area contributed by atoms with E-state index in [1.165, 1.54) is 12.1 Å². The molecule has 0 saturated heterocycles. The molecule has 1 aliphatic heterocycles. The summed E-state index contributed by atoms with van der Waals surface area (Å²) in [5, 5.41) is 9.48. The lowest BCUT2D eigenvalue weighted by Crippen LogP contribution is -2.25. The molecule has 2 aliphatic rings. The van der Waals surface area contributed by atoms with Crippen LogP contribution in [0.4, 0.5) is 8.78 Å². The van der Waals surface area contributed by atoms with Crippen molar-refractivity contribution in [3.63, 3.8) is 0 Å². The van der Waals surface area contributed by atoms with Crippen LogP contribution in [0.25, 0.3) is 0 Å². The van der Waals surface area contributed by atoms with Crippen LogP contribution in [0.2, 0.25) is 5.02 Å². The maximum Gasteiger partial charge on any atom is 0.306 e. The van der Waals surface area contributed by atoms with Gasteiger partial charge in [0.15, 0.2) is 17.4 Å². The minimum Gasteiger partial charge on any atom is -0.487 e. The Labute approximate surface area is 172 Å². The molecule has 0 bridgehead atoms. The zero-order valence-electron chi connectivity index (χ0n) is 16.1. The summed E-state index contributed by atoms with van der Waals surface area (Å²) >= 11 is 6.17. The highest BCUT2D eigenvalue weighted by atomic mass is 35.5. The molecule has 1 aliphatic carbocycles. The number of hydrogen-bond acceptors (Lipinski definition) is 3. The Morgan fingerprint density at radius 3 is 2.59 bits per heavy atom. The predicted octanol–water partition coefficient (Wildman–Crippen LogP) is 5.17. The first-order chi connectivity index (χ1) is 13.6. The van der Waals surface area contributed by atoms with Crippen LogP contribution in [0.15, 0.2) is 24.3 Å². The highest BCUT2D eigenvalue weighted by molar-refractivity contribution is 6.30. The maximum atomic E-state index is 14.5. The highest BCUT2D eigenvalue weighted by Crippen LogP contribution is 2.42. The van der Waals surface area contributed by atoms with Crippen molar-refractivity contribution in [3.05, 3.63) is 57.6 Å². The van der Waals surface area contributed by atoms with E-state index in [0.29, 0.717) is 41.2 Å². The molecule has 2 aromatic carbocycles. The minimum absolute atomic E-state index is 0.0763. The molecular formula is C22H21ClF2O4. The van der Waals surface area contributed by atoms with E-state index >= 15 is 0 Å². The number of benzene rings is 2. The van der Waals surface area contributed by atoms with Crippen molar-refractivity contribution in [2.45, 2.75) is 45.3 Å². The van der Waals surface area contributed by atoms with Crippen LogP contribution in [0.3, 0.4) is 0 Å². The second kappa shape index (κ2) is 7.17. The lowest BCUT2D eigenvalue weighted by molar-refractivity contribution is -0.138. The number of fused-ring (bicyclic) bond motifs is 1. The summed E-state index contributed by atoms with van der Waals surface area (Å²) in [6, 6.07) is 5.91.